The van der Waals surface area contributed by atoms with Crippen LogP contribution in [0.1, 0.15) is 26.3 Å². The number of carboxylic acid groups (broad SMARTS) is 1. The number of rotatable bonds is 7. The van der Waals surface area contributed by atoms with E-state index in [-0.39, 0.29) is 23.6 Å². The molecule has 0 aromatic heterocycles. The molecule has 0 bridgehead atoms. The summed E-state index contributed by atoms with van der Waals surface area (Å²) in [6, 6.07) is 22.7. The molecule has 2 amide bonds. The van der Waals surface area contributed by atoms with Gasteiger partial charge in [0, 0.05) is 5.56 Å². The van der Waals surface area contributed by atoms with Gasteiger partial charge in [0.2, 0.25) is 0 Å². The molecule has 0 radical (unpaired) electrons. The molecular formula is C23H19N2O4-. The minimum absolute atomic E-state index is 0.0907. The van der Waals surface area contributed by atoms with Gasteiger partial charge in [0.1, 0.15) is 0 Å². The third-order valence-electron chi connectivity index (χ3n) is 4.33. The van der Waals surface area contributed by atoms with Gasteiger partial charge in [-0.25, -0.2) is 0 Å². The predicted octanol–water partition coefficient (Wildman–Crippen LogP) is 2.03. The maximum Gasteiger partial charge on any atom is 0.255 e. The lowest BCUT2D eigenvalue weighted by atomic mass is 10.0. The first kappa shape index (κ1) is 19.8. The van der Waals surface area contributed by atoms with Gasteiger partial charge in [0.05, 0.1) is 23.3 Å². The summed E-state index contributed by atoms with van der Waals surface area (Å²) in [5.74, 6) is -2.36. The molecule has 0 heterocycles. The summed E-state index contributed by atoms with van der Waals surface area (Å²) >= 11 is 0. The zero-order valence-electron chi connectivity index (χ0n) is 15.5. The Morgan fingerprint density at radius 1 is 0.759 bits per heavy atom. The number of hydrogen-bond donors (Lipinski definition) is 2. The van der Waals surface area contributed by atoms with Crippen molar-refractivity contribution in [2.24, 2.45) is 0 Å². The van der Waals surface area contributed by atoms with Gasteiger partial charge in [-0.3, -0.25) is 9.59 Å². The quantitative estimate of drug-likeness (QED) is 0.648. The SMILES string of the molecule is O=C(Nc1ccccc1C(=O)NC(Cc1ccccc1)C(=O)[O-])c1ccccc1. The van der Waals surface area contributed by atoms with Crippen molar-refractivity contribution in [1.82, 2.24) is 5.32 Å². The monoisotopic (exact) mass is 387 g/mol. The van der Waals surface area contributed by atoms with E-state index in [0.717, 1.165) is 5.56 Å². The first-order valence-electron chi connectivity index (χ1n) is 9.05. The highest BCUT2D eigenvalue weighted by Gasteiger charge is 2.19. The largest absolute Gasteiger partial charge is 0.548 e. The summed E-state index contributed by atoms with van der Waals surface area (Å²) in [4.78, 5) is 36.7. The lowest BCUT2D eigenvalue weighted by Gasteiger charge is -2.21. The van der Waals surface area contributed by atoms with Crippen LogP contribution in [-0.2, 0) is 11.2 Å². The number of nitrogens with one attached hydrogen (secondary N) is 2. The zero-order chi connectivity index (χ0) is 20.6. The van der Waals surface area contributed by atoms with Crippen molar-refractivity contribution in [2.45, 2.75) is 12.5 Å². The van der Waals surface area contributed by atoms with Crippen LogP contribution in [0.2, 0.25) is 0 Å². The van der Waals surface area contributed by atoms with Gasteiger partial charge in [-0.15, -0.1) is 0 Å². The van der Waals surface area contributed by atoms with E-state index < -0.39 is 17.9 Å². The summed E-state index contributed by atoms with van der Waals surface area (Å²) in [6.07, 6.45) is 0.0907. The number of para-hydroxylation sites is 1. The van der Waals surface area contributed by atoms with Crippen molar-refractivity contribution in [1.29, 1.82) is 0 Å². The fraction of sp³-hybridized carbons (Fsp3) is 0.0870. The van der Waals surface area contributed by atoms with E-state index in [9.17, 15) is 19.5 Å². The number of anilines is 1. The van der Waals surface area contributed by atoms with Crippen LogP contribution in [0.15, 0.2) is 84.9 Å². The van der Waals surface area contributed by atoms with Gasteiger partial charge < -0.3 is 20.5 Å². The third-order valence-corrected chi connectivity index (χ3v) is 4.33. The molecule has 29 heavy (non-hydrogen) atoms. The molecule has 6 heteroatoms. The number of hydrogen-bond acceptors (Lipinski definition) is 4. The molecule has 1 atom stereocenters. The van der Waals surface area contributed by atoms with Crippen LogP contribution in [0, 0.1) is 0 Å². The first-order chi connectivity index (χ1) is 14.0. The molecule has 2 N–H and O–H groups in total. The van der Waals surface area contributed by atoms with Crippen LogP contribution in [0.25, 0.3) is 0 Å². The Kier molecular flexibility index (Phi) is 6.37. The topological polar surface area (TPSA) is 98.3 Å². The van der Waals surface area contributed by atoms with Gasteiger partial charge in [-0.2, -0.15) is 0 Å². The normalized spacial score (nSPS) is 11.3. The van der Waals surface area contributed by atoms with Crippen LogP contribution < -0.4 is 15.7 Å². The van der Waals surface area contributed by atoms with E-state index in [1.54, 1.807) is 72.8 Å². The summed E-state index contributed by atoms with van der Waals surface area (Å²) in [6.45, 7) is 0. The van der Waals surface area contributed by atoms with Crippen molar-refractivity contribution >= 4 is 23.5 Å². The molecule has 0 saturated carbocycles. The lowest BCUT2D eigenvalue weighted by molar-refractivity contribution is -0.308. The van der Waals surface area contributed by atoms with E-state index in [2.05, 4.69) is 10.6 Å². The average Bonchev–Trinajstić information content (AvgIpc) is 2.75. The van der Waals surface area contributed by atoms with E-state index >= 15 is 0 Å². The maximum atomic E-state index is 12.7. The Morgan fingerprint density at radius 3 is 2.00 bits per heavy atom. The minimum Gasteiger partial charge on any atom is -0.548 e. The van der Waals surface area contributed by atoms with E-state index in [4.69, 9.17) is 0 Å². The highest BCUT2D eigenvalue weighted by molar-refractivity contribution is 6.09. The summed E-state index contributed by atoms with van der Waals surface area (Å²) < 4.78 is 0. The predicted molar refractivity (Wildman–Crippen MR) is 107 cm³/mol. The van der Waals surface area contributed by atoms with Crippen LogP contribution in [0.3, 0.4) is 0 Å². The number of aliphatic carboxylic acids is 1. The summed E-state index contributed by atoms with van der Waals surface area (Å²) in [5, 5.41) is 16.7. The van der Waals surface area contributed by atoms with Gasteiger partial charge in [-0.05, 0) is 36.2 Å². The fourth-order valence-corrected chi connectivity index (χ4v) is 2.85. The highest BCUT2D eigenvalue weighted by atomic mass is 16.4. The molecule has 3 aromatic carbocycles. The Hall–Kier alpha value is -3.93. The second-order valence-electron chi connectivity index (χ2n) is 6.40. The Bertz CT molecular complexity index is 1000. The molecular weight excluding hydrogens is 368 g/mol. The Labute approximate surface area is 168 Å². The van der Waals surface area contributed by atoms with E-state index in [1.807, 2.05) is 6.07 Å². The molecule has 0 saturated heterocycles. The number of amides is 2. The van der Waals surface area contributed by atoms with Crippen molar-refractivity contribution in [3.05, 3.63) is 102 Å². The molecule has 0 spiro atoms. The molecule has 146 valence electrons. The third kappa shape index (κ3) is 5.29. The standard InChI is InChI=1S/C23H20N2O4/c26-21(17-11-5-2-6-12-17)24-19-14-8-7-13-18(19)22(27)25-20(23(28)29)15-16-9-3-1-4-10-16/h1-14,20H,15H2,(H,24,26)(H,25,27)(H,28,29)/p-1. The zero-order valence-corrected chi connectivity index (χ0v) is 15.5. The van der Waals surface area contributed by atoms with Gasteiger partial charge in [0.15, 0.2) is 0 Å². The minimum atomic E-state index is -1.38. The second kappa shape index (κ2) is 9.32. The van der Waals surface area contributed by atoms with E-state index in [0.29, 0.717) is 5.56 Å². The molecule has 3 rings (SSSR count). The highest BCUT2D eigenvalue weighted by Crippen LogP contribution is 2.17. The smallest absolute Gasteiger partial charge is 0.255 e. The van der Waals surface area contributed by atoms with Gasteiger partial charge >= 0.3 is 0 Å². The van der Waals surface area contributed by atoms with E-state index in [1.165, 1.54) is 6.07 Å². The van der Waals surface area contributed by atoms with Crippen LogP contribution in [0.5, 0.6) is 0 Å². The first-order valence-corrected chi connectivity index (χ1v) is 9.05. The molecule has 0 aliphatic rings. The summed E-state index contributed by atoms with van der Waals surface area (Å²) in [5.41, 5.74) is 1.65. The number of carbonyl (C=O) groups is 3. The molecule has 0 aliphatic heterocycles. The second-order valence-corrected chi connectivity index (χ2v) is 6.40. The van der Waals surface area contributed by atoms with Crippen molar-refractivity contribution in [2.75, 3.05) is 5.32 Å². The van der Waals surface area contributed by atoms with Crippen LogP contribution in [0.4, 0.5) is 5.69 Å². The number of carbonyl (C=O) groups excluding carboxylic acids is 3. The van der Waals surface area contributed by atoms with Gasteiger partial charge in [-0.1, -0.05) is 60.7 Å². The number of benzene rings is 3. The lowest BCUT2D eigenvalue weighted by Crippen LogP contribution is -2.49. The van der Waals surface area contributed by atoms with Gasteiger partial charge in [0.25, 0.3) is 11.8 Å². The van der Waals surface area contributed by atoms with Crippen LogP contribution in [-0.4, -0.2) is 23.8 Å². The Morgan fingerprint density at radius 2 is 1.34 bits per heavy atom. The molecule has 6 nitrogen and oxygen atoms in total. The van der Waals surface area contributed by atoms with Crippen molar-refractivity contribution < 1.29 is 19.5 Å². The molecule has 0 aliphatic carbocycles. The van der Waals surface area contributed by atoms with Crippen LogP contribution >= 0.6 is 0 Å². The summed E-state index contributed by atoms with van der Waals surface area (Å²) in [7, 11) is 0. The fourth-order valence-electron chi connectivity index (χ4n) is 2.85. The molecule has 0 fully saturated rings. The maximum absolute atomic E-state index is 12.7. The Balaban J connectivity index is 1.76. The number of carboxylic acids is 1. The molecule has 1 unspecified atom stereocenters. The van der Waals surface area contributed by atoms with Crippen molar-refractivity contribution in [3.8, 4) is 0 Å². The average molecular weight is 387 g/mol. The molecule has 3 aromatic rings. The van der Waals surface area contributed by atoms with Crippen molar-refractivity contribution in [3.63, 3.8) is 0 Å².